The van der Waals surface area contributed by atoms with Crippen LogP contribution in [0.5, 0.6) is 5.75 Å². The van der Waals surface area contributed by atoms with Gasteiger partial charge in [0.05, 0.1) is 12.1 Å². The molecule has 0 fully saturated rings. The van der Waals surface area contributed by atoms with Crippen LogP contribution in [0, 0.1) is 0 Å². The lowest BCUT2D eigenvalue weighted by molar-refractivity contribution is 0.0697. The minimum Gasteiger partial charge on any atom is -0.502 e. The first-order valence-electron chi connectivity index (χ1n) is 8.50. The van der Waals surface area contributed by atoms with Gasteiger partial charge in [0, 0.05) is 18.2 Å². The summed E-state index contributed by atoms with van der Waals surface area (Å²) < 4.78 is 5.52. The van der Waals surface area contributed by atoms with E-state index in [1.165, 1.54) is 6.07 Å². The molecule has 0 amide bonds. The Kier molecular flexibility index (Phi) is 5.26. The molecule has 2 aromatic carbocycles. The quantitative estimate of drug-likeness (QED) is 0.613. The molecular weight excluding hydrogens is 346 g/mol. The third kappa shape index (κ3) is 4.17. The van der Waals surface area contributed by atoms with Crippen molar-refractivity contribution in [1.82, 2.24) is 0 Å². The molecule has 1 heterocycles. The van der Waals surface area contributed by atoms with Gasteiger partial charge in [-0.15, -0.1) is 0 Å². The van der Waals surface area contributed by atoms with Crippen molar-refractivity contribution in [2.24, 2.45) is 0 Å². The van der Waals surface area contributed by atoms with Crippen LogP contribution < -0.4 is 10.7 Å². The number of anilines is 1. The highest BCUT2D eigenvalue weighted by molar-refractivity contribution is 5.88. The lowest BCUT2D eigenvalue weighted by Crippen LogP contribution is -2.08. The number of aromatic carboxylic acids is 1. The summed E-state index contributed by atoms with van der Waals surface area (Å²) in [7, 11) is 0. The molecule has 3 aromatic rings. The molecule has 0 saturated heterocycles. The predicted molar refractivity (Wildman–Crippen MR) is 102 cm³/mol. The summed E-state index contributed by atoms with van der Waals surface area (Å²) in [5.74, 6) is -0.611. The van der Waals surface area contributed by atoms with Gasteiger partial charge >= 0.3 is 5.97 Å². The first kappa shape index (κ1) is 18.3. The Bertz CT molecular complexity index is 1000. The highest BCUT2D eigenvalue weighted by Gasteiger charge is 2.10. The van der Waals surface area contributed by atoms with E-state index in [-0.39, 0.29) is 23.6 Å². The van der Waals surface area contributed by atoms with Gasteiger partial charge in [0.2, 0.25) is 11.2 Å². The molecule has 0 saturated carbocycles. The van der Waals surface area contributed by atoms with Gasteiger partial charge in [-0.25, -0.2) is 4.79 Å². The van der Waals surface area contributed by atoms with E-state index in [1.54, 1.807) is 24.3 Å². The van der Waals surface area contributed by atoms with E-state index >= 15 is 0 Å². The molecule has 0 atom stereocenters. The number of benzene rings is 2. The van der Waals surface area contributed by atoms with Crippen molar-refractivity contribution in [3.63, 3.8) is 0 Å². The van der Waals surface area contributed by atoms with Crippen molar-refractivity contribution < 1.29 is 19.4 Å². The lowest BCUT2D eigenvalue weighted by atomic mass is 10.0. The fraction of sp³-hybridized carbons (Fsp3) is 0.143. The molecule has 0 aliphatic heterocycles. The minimum absolute atomic E-state index is 0.182. The van der Waals surface area contributed by atoms with E-state index in [0.717, 1.165) is 16.8 Å². The van der Waals surface area contributed by atoms with E-state index in [4.69, 9.17) is 9.52 Å². The van der Waals surface area contributed by atoms with E-state index in [0.29, 0.717) is 12.2 Å². The Morgan fingerprint density at radius 1 is 1.04 bits per heavy atom. The number of carbonyl (C=O) groups is 1. The number of hydrogen-bond acceptors (Lipinski definition) is 5. The smallest absolute Gasteiger partial charge is 0.335 e. The molecule has 3 N–H and O–H groups in total. The molecule has 6 heteroatoms. The fourth-order valence-electron chi connectivity index (χ4n) is 2.65. The zero-order valence-electron chi connectivity index (χ0n) is 14.7. The molecule has 0 aliphatic carbocycles. The zero-order chi connectivity index (χ0) is 19.4. The van der Waals surface area contributed by atoms with E-state index < -0.39 is 11.4 Å². The number of aromatic hydroxyl groups is 1. The second kappa shape index (κ2) is 7.78. The van der Waals surface area contributed by atoms with Crippen molar-refractivity contribution in [1.29, 1.82) is 0 Å². The van der Waals surface area contributed by atoms with Gasteiger partial charge in [0.25, 0.3) is 0 Å². The second-order valence-electron chi connectivity index (χ2n) is 6.02. The Morgan fingerprint density at radius 2 is 1.63 bits per heavy atom. The topological polar surface area (TPSA) is 99.8 Å². The maximum atomic E-state index is 11.7. The highest BCUT2D eigenvalue weighted by atomic mass is 16.4. The van der Waals surface area contributed by atoms with Crippen molar-refractivity contribution in [2.75, 3.05) is 5.32 Å². The summed E-state index contributed by atoms with van der Waals surface area (Å²) in [5, 5.41) is 21.9. The lowest BCUT2D eigenvalue weighted by Gasteiger charge is -2.09. The van der Waals surface area contributed by atoms with Gasteiger partial charge < -0.3 is 19.9 Å². The average Bonchev–Trinajstić information content (AvgIpc) is 2.69. The van der Waals surface area contributed by atoms with Crippen molar-refractivity contribution >= 4 is 11.7 Å². The largest absolute Gasteiger partial charge is 0.502 e. The Balaban J connectivity index is 1.72. The molecule has 0 spiro atoms. The molecular formula is C21H19NO5. The average molecular weight is 365 g/mol. The van der Waals surface area contributed by atoms with E-state index in [9.17, 15) is 14.7 Å². The number of hydrogen-bond donors (Lipinski definition) is 3. The zero-order valence-corrected chi connectivity index (χ0v) is 14.7. The monoisotopic (exact) mass is 365 g/mol. The van der Waals surface area contributed by atoms with Crippen LogP contribution in [0.15, 0.2) is 63.8 Å². The summed E-state index contributed by atoms with van der Waals surface area (Å²) in [6.45, 7) is 2.05. The standard InChI is InChI=1S/C21H19NO5/c1-2-17-11-18(23)20(24)19(27-17)12-22-16-9-7-14(8-10-16)13-3-5-15(6-4-13)21(25)26/h3-11,22,24H,2,12H2,1H3,(H,25,26). The number of rotatable bonds is 6. The molecule has 6 nitrogen and oxygen atoms in total. The van der Waals surface area contributed by atoms with Crippen LogP contribution in [0.1, 0.15) is 28.8 Å². The first-order valence-corrected chi connectivity index (χ1v) is 8.50. The maximum absolute atomic E-state index is 11.7. The number of carboxylic acids is 1. The van der Waals surface area contributed by atoms with Crippen molar-refractivity contribution in [3.8, 4) is 16.9 Å². The Morgan fingerprint density at radius 3 is 2.19 bits per heavy atom. The molecule has 27 heavy (non-hydrogen) atoms. The van der Waals surface area contributed by atoms with Crippen LogP contribution in [0.4, 0.5) is 5.69 Å². The van der Waals surface area contributed by atoms with Gasteiger partial charge in [-0.3, -0.25) is 4.79 Å². The van der Waals surface area contributed by atoms with Crippen LogP contribution >= 0.6 is 0 Å². The van der Waals surface area contributed by atoms with Crippen LogP contribution in [-0.4, -0.2) is 16.2 Å². The van der Waals surface area contributed by atoms with Crippen LogP contribution in [-0.2, 0) is 13.0 Å². The molecule has 0 unspecified atom stereocenters. The van der Waals surface area contributed by atoms with Gasteiger partial charge in [-0.1, -0.05) is 31.2 Å². The summed E-state index contributed by atoms with van der Waals surface area (Å²) >= 11 is 0. The first-order chi connectivity index (χ1) is 13.0. The normalized spacial score (nSPS) is 10.6. The number of nitrogens with one attached hydrogen (secondary N) is 1. The molecule has 3 rings (SSSR count). The number of aryl methyl sites for hydroxylation is 1. The molecule has 138 valence electrons. The van der Waals surface area contributed by atoms with E-state index in [2.05, 4.69) is 5.32 Å². The van der Waals surface area contributed by atoms with Crippen LogP contribution in [0.25, 0.3) is 11.1 Å². The summed E-state index contributed by atoms with van der Waals surface area (Å²) in [4.78, 5) is 22.6. The predicted octanol–water partition coefficient (Wildman–Crippen LogP) is 3.89. The maximum Gasteiger partial charge on any atom is 0.335 e. The molecule has 1 aromatic heterocycles. The van der Waals surface area contributed by atoms with Gasteiger partial charge in [0.1, 0.15) is 5.76 Å². The van der Waals surface area contributed by atoms with Crippen molar-refractivity contribution in [2.45, 2.75) is 19.9 Å². The highest BCUT2D eigenvalue weighted by Crippen LogP contribution is 2.23. The second-order valence-corrected chi connectivity index (χ2v) is 6.02. The fourth-order valence-corrected chi connectivity index (χ4v) is 2.65. The third-order valence-corrected chi connectivity index (χ3v) is 4.20. The minimum atomic E-state index is -0.955. The molecule has 0 radical (unpaired) electrons. The Hall–Kier alpha value is -3.54. The Labute approximate surface area is 155 Å². The third-order valence-electron chi connectivity index (χ3n) is 4.20. The van der Waals surface area contributed by atoms with Gasteiger partial charge in [-0.05, 0) is 35.4 Å². The number of carboxylic acid groups (broad SMARTS) is 1. The SMILES string of the molecule is CCc1cc(=O)c(O)c(CNc2ccc(-c3ccc(C(=O)O)cc3)cc2)o1. The summed E-state index contributed by atoms with van der Waals surface area (Å²) in [5.41, 5.74) is 2.44. The summed E-state index contributed by atoms with van der Waals surface area (Å²) in [6.07, 6.45) is 0.567. The summed E-state index contributed by atoms with van der Waals surface area (Å²) in [6, 6.07) is 15.5. The molecule has 0 aliphatic rings. The molecule has 0 bridgehead atoms. The van der Waals surface area contributed by atoms with Crippen molar-refractivity contribution in [3.05, 3.63) is 81.9 Å². The van der Waals surface area contributed by atoms with Gasteiger partial charge in [-0.2, -0.15) is 0 Å². The van der Waals surface area contributed by atoms with E-state index in [1.807, 2.05) is 31.2 Å². The van der Waals surface area contributed by atoms with Gasteiger partial charge in [0.15, 0.2) is 5.76 Å². The van der Waals surface area contributed by atoms with Crippen LogP contribution in [0.2, 0.25) is 0 Å². The van der Waals surface area contributed by atoms with Crippen LogP contribution in [0.3, 0.4) is 0 Å².